The summed E-state index contributed by atoms with van der Waals surface area (Å²) in [6.45, 7) is 2.03. The SMILES string of the molecule is Cc1ccc(C=c2sc3nc(-c4ccncc4)nn3c2=O)cc1. The van der Waals surface area contributed by atoms with Crippen molar-refractivity contribution < 1.29 is 0 Å². The molecule has 4 rings (SSSR count). The number of nitrogens with zero attached hydrogens (tertiary/aromatic N) is 4. The van der Waals surface area contributed by atoms with Crippen LogP contribution in [-0.2, 0) is 0 Å². The second-order valence-electron chi connectivity index (χ2n) is 5.19. The average molecular weight is 320 g/mol. The van der Waals surface area contributed by atoms with E-state index >= 15 is 0 Å². The number of aromatic nitrogens is 4. The molecule has 0 amide bonds. The summed E-state index contributed by atoms with van der Waals surface area (Å²) in [7, 11) is 0. The number of pyridine rings is 1. The smallest absolute Gasteiger partial charge is 0.266 e. The summed E-state index contributed by atoms with van der Waals surface area (Å²) < 4.78 is 1.99. The van der Waals surface area contributed by atoms with Crippen LogP contribution in [0.2, 0.25) is 0 Å². The number of rotatable bonds is 2. The highest BCUT2D eigenvalue weighted by atomic mass is 32.1. The highest BCUT2D eigenvalue weighted by molar-refractivity contribution is 7.15. The van der Waals surface area contributed by atoms with Crippen LogP contribution in [0.25, 0.3) is 22.4 Å². The van der Waals surface area contributed by atoms with Crippen LogP contribution in [0.4, 0.5) is 0 Å². The molecule has 0 radical (unpaired) electrons. The molecule has 0 fully saturated rings. The molecule has 0 saturated carbocycles. The first-order chi connectivity index (χ1) is 11.2. The molecule has 0 aliphatic heterocycles. The molecule has 0 atom stereocenters. The zero-order chi connectivity index (χ0) is 15.8. The molecule has 0 unspecified atom stereocenters. The van der Waals surface area contributed by atoms with Gasteiger partial charge in [0.15, 0.2) is 5.82 Å². The van der Waals surface area contributed by atoms with Gasteiger partial charge in [-0.15, -0.1) is 5.10 Å². The van der Waals surface area contributed by atoms with Crippen molar-refractivity contribution in [3.05, 3.63) is 74.8 Å². The summed E-state index contributed by atoms with van der Waals surface area (Å²) in [4.78, 5) is 21.5. The molecule has 3 aromatic heterocycles. The molecule has 112 valence electrons. The van der Waals surface area contributed by atoms with Gasteiger partial charge >= 0.3 is 0 Å². The summed E-state index contributed by atoms with van der Waals surface area (Å²) >= 11 is 1.34. The first-order valence-electron chi connectivity index (χ1n) is 7.09. The van der Waals surface area contributed by atoms with Gasteiger partial charge in [-0.2, -0.15) is 9.50 Å². The van der Waals surface area contributed by atoms with Crippen LogP contribution in [0.3, 0.4) is 0 Å². The molecule has 0 N–H and O–H groups in total. The minimum atomic E-state index is -0.140. The fraction of sp³-hybridized carbons (Fsp3) is 0.0588. The first kappa shape index (κ1) is 13.8. The zero-order valence-electron chi connectivity index (χ0n) is 12.3. The summed E-state index contributed by atoms with van der Waals surface area (Å²) in [6, 6.07) is 11.7. The highest BCUT2D eigenvalue weighted by Gasteiger charge is 2.11. The number of hydrogen-bond donors (Lipinski definition) is 0. The van der Waals surface area contributed by atoms with Gasteiger partial charge < -0.3 is 0 Å². The fourth-order valence-electron chi connectivity index (χ4n) is 2.27. The Morgan fingerprint density at radius 3 is 2.52 bits per heavy atom. The molecule has 5 nitrogen and oxygen atoms in total. The van der Waals surface area contributed by atoms with Crippen LogP contribution in [0, 0.1) is 6.92 Å². The van der Waals surface area contributed by atoms with Gasteiger partial charge in [0, 0.05) is 18.0 Å². The molecular weight excluding hydrogens is 308 g/mol. The van der Waals surface area contributed by atoms with Crippen molar-refractivity contribution in [1.29, 1.82) is 0 Å². The Bertz CT molecular complexity index is 1080. The lowest BCUT2D eigenvalue weighted by Crippen LogP contribution is -2.23. The van der Waals surface area contributed by atoms with Gasteiger partial charge in [-0.3, -0.25) is 9.78 Å². The van der Waals surface area contributed by atoms with E-state index in [1.165, 1.54) is 21.4 Å². The van der Waals surface area contributed by atoms with E-state index in [1.807, 2.05) is 49.4 Å². The third-order valence-corrected chi connectivity index (χ3v) is 4.45. The van der Waals surface area contributed by atoms with Crippen molar-refractivity contribution >= 4 is 22.4 Å². The van der Waals surface area contributed by atoms with Crippen molar-refractivity contribution in [3.63, 3.8) is 0 Å². The van der Waals surface area contributed by atoms with Gasteiger partial charge in [-0.1, -0.05) is 41.2 Å². The number of benzene rings is 1. The summed E-state index contributed by atoms with van der Waals surface area (Å²) in [5, 5.41) is 4.31. The van der Waals surface area contributed by atoms with Gasteiger partial charge in [0.25, 0.3) is 5.56 Å². The predicted molar refractivity (Wildman–Crippen MR) is 90.3 cm³/mol. The van der Waals surface area contributed by atoms with Crippen LogP contribution in [0.5, 0.6) is 0 Å². The molecular formula is C17H12N4OS. The largest absolute Gasteiger partial charge is 0.291 e. The molecule has 0 saturated heterocycles. The molecule has 0 aliphatic carbocycles. The van der Waals surface area contributed by atoms with Crippen LogP contribution >= 0.6 is 11.3 Å². The third-order valence-electron chi connectivity index (χ3n) is 3.50. The first-order valence-corrected chi connectivity index (χ1v) is 7.91. The molecule has 0 bridgehead atoms. The second kappa shape index (κ2) is 5.40. The van der Waals surface area contributed by atoms with E-state index in [0.29, 0.717) is 15.3 Å². The lowest BCUT2D eigenvalue weighted by atomic mass is 10.1. The van der Waals surface area contributed by atoms with Crippen LogP contribution in [0.1, 0.15) is 11.1 Å². The van der Waals surface area contributed by atoms with Gasteiger partial charge in [-0.05, 0) is 30.7 Å². The monoisotopic (exact) mass is 320 g/mol. The third kappa shape index (κ3) is 2.53. The average Bonchev–Trinajstić information content (AvgIpc) is 3.11. The maximum absolute atomic E-state index is 12.5. The van der Waals surface area contributed by atoms with E-state index in [0.717, 1.165) is 11.1 Å². The standard InChI is InChI=1S/C17H12N4OS/c1-11-2-4-12(5-3-11)10-14-16(22)21-17(23-14)19-15(20-21)13-6-8-18-9-7-13/h2-10H,1H3. The lowest BCUT2D eigenvalue weighted by molar-refractivity contribution is 0.936. The molecule has 1 aromatic carbocycles. The molecule has 0 aliphatic rings. The van der Waals surface area contributed by atoms with Crippen LogP contribution in [-0.4, -0.2) is 19.6 Å². The minimum Gasteiger partial charge on any atom is -0.266 e. The minimum absolute atomic E-state index is 0.140. The maximum atomic E-state index is 12.5. The normalized spacial score (nSPS) is 12.1. The van der Waals surface area contributed by atoms with Crippen LogP contribution < -0.4 is 10.1 Å². The Labute approximate surface area is 135 Å². The van der Waals surface area contributed by atoms with E-state index in [-0.39, 0.29) is 5.56 Å². The molecule has 6 heteroatoms. The van der Waals surface area contributed by atoms with Crippen molar-refractivity contribution in [1.82, 2.24) is 19.6 Å². The second-order valence-corrected chi connectivity index (χ2v) is 6.20. The number of fused-ring (bicyclic) bond motifs is 1. The van der Waals surface area contributed by atoms with Crippen LogP contribution in [0.15, 0.2) is 53.6 Å². The number of thiazole rings is 1. The molecule has 23 heavy (non-hydrogen) atoms. The number of hydrogen-bond acceptors (Lipinski definition) is 5. The van der Waals surface area contributed by atoms with E-state index < -0.39 is 0 Å². The summed E-state index contributed by atoms with van der Waals surface area (Å²) in [5.41, 5.74) is 2.89. The number of aryl methyl sites for hydroxylation is 1. The molecule has 0 spiro atoms. The van der Waals surface area contributed by atoms with E-state index in [1.54, 1.807) is 12.4 Å². The Hall–Kier alpha value is -2.86. The van der Waals surface area contributed by atoms with Gasteiger partial charge in [-0.25, -0.2) is 0 Å². The fourth-order valence-corrected chi connectivity index (χ4v) is 3.18. The highest BCUT2D eigenvalue weighted by Crippen LogP contribution is 2.15. The topological polar surface area (TPSA) is 60.1 Å². The van der Waals surface area contributed by atoms with E-state index in [2.05, 4.69) is 15.1 Å². The Balaban J connectivity index is 1.82. The maximum Gasteiger partial charge on any atom is 0.291 e. The van der Waals surface area contributed by atoms with Crippen molar-refractivity contribution in [2.24, 2.45) is 0 Å². The Morgan fingerprint density at radius 2 is 1.83 bits per heavy atom. The Morgan fingerprint density at radius 1 is 1.09 bits per heavy atom. The van der Waals surface area contributed by atoms with Crippen molar-refractivity contribution in [2.75, 3.05) is 0 Å². The van der Waals surface area contributed by atoms with E-state index in [4.69, 9.17) is 0 Å². The molecule has 4 aromatic rings. The summed E-state index contributed by atoms with van der Waals surface area (Å²) in [5.74, 6) is 0.539. The predicted octanol–water partition coefficient (Wildman–Crippen LogP) is 2.07. The van der Waals surface area contributed by atoms with Gasteiger partial charge in [0.05, 0.1) is 4.53 Å². The quantitative estimate of drug-likeness (QED) is 0.567. The van der Waals surface area contributed by atoms with Crippen molar-refractivity contribution in [3.8, 4) is 11.4 Å². The van der Waals surface area contributed by atoms with E-state index in [9.17, 15) is 4.79 Å². The van der Waals surface area contributed by atoms with Gasteiger partial charge in [0.1, 0.15) is 0 Å². The summed E-state index contributed by atoms with van der Waals surface area (Å²) in [6.07, 6.45) is 5.23. The Kier molecular flexibility index (Phi) is 3.24. The lowest BCUT2D eigenvalue weighted by Gasteiger charge is -1.93. The van der Waals surface area contributed by atoms with Gasteiger partial charge in [0.2, 0.25) is 4.96 Å². The molecule has 3 heterocycles. The zero-order valence-corrected chi connectivity index (χ0v) is 13.1. The van der Waals surface area contributed by atoms with Crippen molar-refractivity contribution in [2.45, 2.75) is 6.92 Å².